The second-order valence-electron chi connectivity index (χ2n) is 8.75. The van der Waals surface area contributed by atoms with Crippen molar-refractivity contribution in [2.24, 2.45) is 5.41 Å². The van der Waals surface area contributed by atoms with Crippen LogP contribution in [-0.4, -0.2) is 48.5 Å². The van der Waals surface area contributed by atoms with Crippen molar-refractivity contribution >= 4 is 21.7 Å². The van der Waals surface area contributed by atoms with Gasteiger partial charge in [-0.1, -0.05) is 49.4 Å². The predicted octanol–water partition coefficient (Wildman–Crippen LogP) is 0.558. The van der Waals surface area contributed by atoms with E-state index >= 15 is 0 Å². The Morgan fingerprint density at radius 1 is 1.24 bits per heavy atom. The van der Waals surface area contributed by atoms with Crippen molar-refractivity contribution in [2.45, 2.75) is 44.8 Å². The zero-order valence-electron chi connectivity index (χ0n) is 17.2. The van der Waals surface area contributed by atoms with Gasteiger partial charge in [-0.25, -0.2) is 8.42 Å². The van der Waals surface area contributed by atoms with Crippen LogP contribution in [0, 0.1) is 5.41 Å². The molecule has 0 saturated heterocycles. The summed E-state index contributed by atoms with van der Waals surface area (Å²) >= 11 is 0. The molecule has 0 saturated carbocycles. The van der Waals surface area contributed by atoms with Crippen LogP contribution in [0.1, 0.15) is 38.8 Å². The fourth-order valence-electron chi connectivity index (χ4n) is 3.51. The molecule has 3 rings (SSSR count). The first-order chi connectivity index (χ1) is 13.1. The maximum absolute atomic E-state index is 11.9. The van der Waals surface area contributed by atoms with Crippen LogP contribution >= 0.6 is 0 Å². The Balaban J connectivity index is 0.000000537. The normalized spacial score (nSPS) is 26.1. The van der Waals surface area contributed by atoms with Crippen LogP contribution in [0.4, 0.5) is 0 Å². The van der Waals surface area contributed by atoms with Gasteiger partial charge >= 0.3 is 0 Å². The molecular formula is C21H27NO6S-2. The fourth-order valence-corrected chi connectivity index (χ4v) is 3.51. The number of hydrogen-bond acceptors (Lipinski definition) is 7. The van der Waals surface area contributed by atoms with E-state index in [4.69, 9.17) is 13.0 Å². The van der Waals surface area contributed by atoms with Gasteiger partial charge in [0.1, 0.15) is 0 Å². The molecule has 0 aliphatic heterocycles. The molecule has 0 amide bonds. The number of carboxylic acid groups (broad SMARTS) is 1. The zero-order chi connectivity index (χ0) is 22.3. The average molecular weight is 422 g/mol. The summed E-state index contributed by atoms with van der Waals surface area (Å²) in [7, 11) is -3.92. The van der Waals surface area contributed by atoms with Crippen molar-refractivity contribution in [1.82, 2.24) is 5.32 Å². The fraction of sp³-hybridized carbons (Fsp3) is 0.476. The van der Waals surface area contributed by atoms with Crippen molar-refractivity contribution in [1.29, 1.82) is 0 Å². The van der Waals surface area contributed by atoms with E-state index in [1.54, 1.807) is 12.2 Å². The van der Waals surface area contributed by atoms with Crippen molar-refractivity contribution in [3.63, 3.8) is 0 Å². The first-order valence-corrected chi connectivity index (χ1v) is 11.0. The van der Waals surface area contributed by atoms with Crippen LogP contribution in [0.3, 0.4) is 0 Å². The van der Waals surface area contributed by atoms with Crippen LogP contribution < -0.4 is 10.4 Å². The summed E-state index contributed by atoms with van der Waals surface area (Å²) in [6.45, 7) is 8.47. The predicted molar refractivity (Wildman–Crippen MR) is 108 cm³/mol. The standard InChI is InChI=1S/C20H25NO3.CH4O3S/c1-18(2,3)21-12-16(22)19(4)9-10-20(17(23)24)14-8-6-5-7-13(14)15(20)11-19;1-5(2,3)4/h5-11,16,21-22H,12H2,1-4H3,(H,23,24);1H3,(H,2,3,4)/p-2. The van der Waals surface area contributed by atoms with Gasteiger partial charge in [0.15, 0.2) is 0 Å². The van der Waals surface area contributed by atoms with Crippen LogP contribution in [0.2, 0.25) is 0 Å². The molecule has 0 bridgehead atoms. The number of fused-ring (bicyclic) bond motifs is 4. The lowest BCUT2D eigenvalue weighted by atomic mass is 9.55. The molecule has 0 aromatic heterocycles. The second kappa shape index (κ2) is 7.68. The number of aliphatic hydroxyl groups excluding tert-OH is 1. The Morgan fingerprint density at radius 2 is 1.79 bits per heavy atom. The Labute approximate surface area is 171 Å². The zero-order valence-corrected chi connectivity index (χ0v) is 18.0. The maximum Gasteiger partial charge on any atom is 0.0916 e. The summed E-state index contributed by atoms with van der Waals surface area (Å²) in [4.78, 5) is 11.9. The van der Waals surface area contributed by atoms with Crippen LogP contribution in [-0.2, 0) is 20.3 Å². The summed E-state index contributed by atoms with van der Waals surface area (Å²) < 4.78 is 27.2. The Kier molecular flexibility index (Phi) is 6.17. The van der Waals surface area contributed by atoms with E-state index < -0.39 is 33.0 Å². The third-order valence-electron chi connectivity index (χ3n) is 5.08. The molecule has 0 radical (unpaired) electrons. The van der Waals surface area contributed by atoms with Crippen LogP contribution in [0.5, 0.6) is 0 Å². The van der Waals surface area contributed by atoms with Gasteiger partial charge in [-0.05, 0) is 37.5 Å². The summed E-state index contributed by atoms with van der Waals surface area (Å²) in [5.74, 6) is -1.12. The number of carbonyl (C=O) groups excluding carboxylic acids is 1. The van der Waals surface area contributed by atoms with Gasteiger partial charge in [-0.2, -0.15) is 0 Å². The van der Waals surface area contributed by atoms with E-state index in [1.807, 2.05) is 58.0 Å². The molecule has 7 nitrogen and oxygen atoms in total. The molecule has 1 aromatic carbocycles. The number of nitrogens with one attached hydrogen (secondary N) is 1. The SMILES string of the molecule is CC(C)(C)NCC(O)C1(C)C=CC2(C(=O)[O-])C(=C1)c1ccccc12.CS(=O)(=O)[O-]. The van der Waals surface area contributed by atoms with E-state index in [9.17, 15) is 15.0 Å². The number of aliphatic hydroxyl groups is 1. The summed E-state index contributed by atoms with van der Waals surface area (Å²) in [6.07, 6.45) is 5.32. The lowest BCUT2D eigenvalue weighted by Crippen LogP contribution is -2.54. The molecule has 0 heterocycles. The molecule has 8 heteroatoms. The molecule has 2 aliphatic carbocycles. The number of hydrogen-bond donors (Lipinski definition) is 2. The molecule has 0 spiro atoms. The van der Waals surface area contributed by atoms with Crippen molar-refractivity contribution < 1.29 is 28.0 Å². The van der Waals surface area contributed by atoms with Gasteiger partial charge in [0.25, 0.3) is 0 Å². The lowest BCUT2D eigenvalue weighted by Gasteiger charge is -2.50. The Morgan fingerprint density at radius 3 is 2.31 bits per heavy atom. The van der Waals surface area contributed by atoms with Crippen LogP contribution in [0.15, 0.2) is 42.5 Å². The quantitative estimate of drug-likeness (QED) is 0.537. The summed E-state index contributed by atoms with van der Waals surface area (Å²) in [6, 6.07) is 7.48. The number of carboxylic acids is 1. The first kappa shape index (κ1) is 23.3. The average Bonchev–Trinajstić information content (AvgIpc) is 2.56. The Bertz CT molecular complexity index is 952. The lowest BCUT2D eigenvalue weighted by molar-refractivity contribution is -0.310. The maximum atomic E-state index is 11.9. The van der Waals surface area contributed by atoms with Crippen molar-refractivity contribution in [3.05, 3.63) is 53.6 Å². The van der Waals surface area contributed by atoms with Gasteiger partial charge in [-0.3, -0.25) is 0 Å². The van der Waals surface area contributed by atoms with E-state index in [2.05, 4.69) is 5.32 Å². The number of aliphatic carboxylic acids is 1. The minimum atomic E-state index is -3.92. The summed E-state index contributed by atoms with van der Waals surface area (Å²) in [5, 5.41) is 25.8. The third kappa shape index (κ3) is 4.95. The minimum Gasteiger partial charge on any atom is -0.748 e. The molecule has 160 valence electrons. The van der Waals surface area contributed by atoms with Gasteiger partial charge in [0, 0.05) is 23.8 Å². The number of rotatable bonds is 4. The first-order valence-electron chi connectivity index (χ1n) is 9.19. The molecule has 3 atom stereocenters. The Hall–Kier alpha value is -2.00. The highest BCUT2D eigenvalue weighted by molar-refractivity contribution is 7.84. The monoisotopic (exact) mass is 421 g/mol. The summed E-state index contributed by atoms with van der Waals surface area (Å²) in [5.41, 5.74) is 0.511. The smallest absolute Gasteiger partial charge is 0.0916 e. The van der Waals surface area contributed by atoms with E-state index in [1.165, 1.54) is 0 Å². The van der Waals surface area contributed by atoms with E-state index in [-0.39, 0.29) is 5.54 Å². The largest absolute Gasteiger partial charge is 0.748 e. The molecule has 2 N–H and O–H groups in total. The molecule has 2 aliphatic rings. The molecule has 0 fully saturated rings. The minimum absolute atomic E-state index is 0.0966. The van der Waals surface area contributed by atoms with Gasteiger partial charge < -0.3 is 24.9 Å². The number of benzene rings is 1. The van der Waals surface area contributed by atoms with Gasteiger partial charge in [0.2, 0.25) is 0 Å². The highest BCUT2D eigenvalue weighted by atomic mass is 32.2. The second-order valence-corrected chi connectivity index (χ2v) is 10.2. The molecule has 3 unspecified atom stereocenters. The van der Waals surface area contributed by atoms with Crippen LogP contribution in [0.25, 0.3) is 5.57 Å². The topological polar surface area (TPSA) is 130 Å². The van der Waals surface area contributed by atoms with Gasteiger partial charge in [0.05, 0.1) is 27.6 Å². The third-order valence-corrected chi connectivity index (χ3v) is 5.08. The number of carbonyl (C=O) groups is 1. The molecular weight excluding hydrogens is 394 g/mol. The van der Waals surface area contributed by atoms with E-state index in [0.29, 0.717) is 12.8 Å². The molecule has 29 heavy (non-hydrogen) atoms. The highest BCUT2D eigenvalue weighted by Gasteiger charge is 2.50. The van der Waals surface area contributed by atoms with Crippen molar-refractivity contribution in [2.75, 3.05) is 12.8 Å². The van der Waals surface area contributed by atoms with Crippen molar-refractivity contribution in [3.8, 4) is 0 Å². The number of β-amino-alcohol motifs (C(OH)–C–C–N with tert-alkyl or cyclic N) is 1. The van der Waals surface area contributed by atoms with E-state index in [0.717, 1.165) is 16.7 Å². The molecule has 1 aromatic rings. The van der Waals surface area contributed by atoms with Gasteiger partial charge in [-0.15, -0.1) is 0 Å². The highest BCUT2D eigenvalue weighted by Crippen LogP contribution is 2.56.